The largest absolute Gasteiger partial charge is 0.478 e. The van der Waals surface area contributed by atoms with E-state index in [0.717, 1.165) is 31.0 Å². The number of carboxylic acid groups (broad SMARTS) is 1. The minimum absolute atomic E-state index is 0.0951. The summed E-state index contributed by atoms with van der Waals surface area (Å²) >= 11 is 0. The summed E-state index contributed by atoms with van der Waals surface area (Å²) in [5, 5.41) is 25.3. The van der Waals surface area contributed by atoms with Crippen molar-refractivity contribution >= 4 is 17.8 Å². The molecule has 0 radical (unpaired) electrons. The number of aromatic carboxylic acids is 1. The average molecular weight is 520 g/mol. The van der Waals surface area contributed by atoms with E-state index in [1.807, 2.05) is 0 Å². The van der Waals surface area contributed by atoms with E-state index in [4.69, 9.17) is 5.11 Å². The topological polar surface area (TPSA) is 119 Å². The SMILES string of the molecule is O=C(CNC(=O)c1cccc(C(F)(F)F)c1)NC1CN([C@H]2CC[C@@](O)(c3ccc(C(=O)O)cc3)CC2)C1. The van der Waals surface area contributed by atoms with Gasteiger partial charge < -0.3 is 20.8 Å². The summed E-state index contributed by atoms with van der Waals surface area (Å²) in [5.74, 6) is -2.20. The summed E-state index contributed by atoms with van der Waals surface area (Å²) in [6, 6.07) is 10.5. The minimum atomic E-state index is -4.56. The van der Waals surface area contributed by atoms with Crippen molar-refractivity contribution in [2.45, 2.75) is 49.5 Å². The number of aliphatic hydroxyl groups is 1. The van der Waals surface area contributed by atoms with E-state index in [2.05, 4.69) is 15.5 Å². The van der Waals surface area contributed by atoms with E-state index >= 15 is 0 Å². The summed E-state index contributed by atoms with van der Waals surface area (Å²) in [6.07, 6.45) is -1.97. The third kappa shape index (κ3) is 6.28. The molecule has 0 aromatic heterocycles. The van der Waals surface area contributed by atoms with E-state index in [1.165, 1.54) is 18.2 Å². The molecule has 0 unspecified atom stereocenters. The van der Waals surface area contributed by atoms with Gasteiger partial charge in [0.05, 0.1) is 29.3 Å². The zero-order chi connectivity index (χ0) is 26.8. The first-order valence-electron chi connectivity index (χ1n) is 12.0. The lowest BCUT2D eigenvalue weighted by molar-refractivity contribution is -0.137. The standard InChI is InChI=1S/C26H28F3N3O5/c27-26(28,29)19-3-1-2-17(12-19)23(34)30-13-22(33)31-20-14-32(15-20)21-8-10-25(37,11-9-21)18-6-4-16(5-7-18)24(35)36/h1-7,12,20-21,37H,8-11,13-15H2,(H,30,34)(H,31,33)(H,35,36)/t21-,25-. The van der Waals surface area contributed by atoms with Gasteiger partial charge in [0, 0.05) is 24.7 Å². The van der Waals surface area contributed by atoms with Gasteiger partial charge in [-0.25, -0.2) is 4.79 Å². The number of amides is 2. The third-order valence-electron chi connectivity index (χ3n) is 7.10. The fraction of sp³-hybridized carbons (Fsp3) is 0.423. The average Bonchev–Trinajstić information content (AvgIpc) is 2.85. The Kier molecular flexibility index (Phi) is 7.56. The van der Waals surface area contributed by atoms with E-state index in [9.17, 15) is 32.7 Å². The molecule has 0 atom stereocenters. The molecule has 11 heteroatoms. The molecule has 2 aromatic carbocycles. The van der Waals surface area contributed by atoms with Crippen LogP contribution in [0.4, 0.5) is 13.2 Å². The molecule has 0 spiro atoms. The summed E-state index contributed by atoms with van der Waals surface area (Å²) in [5.41, 5.74) is -1.23. The number of alkyl halides is 3. The van der Waals surface area contributed by atoms with Crippen LogP contribution in [0.15, 0.2) is 48.5 Å². The first kappa shape index (κ1) is 26.6. The maximum Gasteiger partial charge on any atom is 0.416 e. The molecule has 8 nitrogen and oxygen atoms in total. The van der Waals surface area contributed by atoms with Gasteiger partial charge in [-0.15, -0.1) is 0 Å². The van der Waals surface area contributed by atoms with Crippen LogP contribution in [-0.2, 0) is 16.6 Å². The molecule has 1 saturated carbocycles. The molecule has 4 rings (SSSR count). The van der Waals surface area contributed by atoms with Crippen molar-refractivity contribution in [3.05, 3.63) is 70.8 Å². The van der Waals surface area contributed by atoms with Crippen LogP contribution >= 0.6 is 0 Å². The molecule has 4 N–H and O–H groups in total. The number of benzene rings is 2. The Hall–Kier alpha value is -3.44. The highest BCUT2D eigenvalue weighted by molar-refractivity contribution is 5.96. The molecule has 1 aliphatic carbocycles. The monoisotopic (exact) mass is 519 g/mol. The van der Waals surface area contributed by atoms with Crippen LogP contribution in [0.5, 0.6) is 0 Å². The number of carboxylic acids is 1. The van der Waals surface area contributed by atoms with Crippen molar-refractivity contribution in [1.82, 2.24) is 15.5 Å². The Labute approximate surface area is 211 Å². The van der Waals surface area contributed by atoms with Gasteiger partial charge in [0.15, 0.2) is 0 Å². The number of hydrogen-bond acceptors (Lipinski definition) is 5. The van der Waals surface area contributed by atoms with Crippen molar-refractivity contribution in [2.75, 3.05) is 19.6 Å². The van der Waals surface area contributed by atoms with Crippen LogP contribution in [-0.4, -0.2) is 64.6 Å². The molecule has 1 saturated heterocycles. The Morgan fingerprint density at radius 3 is 2.24 bits per heavy atom. The molecule has 1 aliphatic heterocycles. The Balaban J connectivity index is 1.18. The highest BCUT2D eigenvalue weighted by Crippen LogP contribution is 2.39. The third-order valence-corrected chi connectivity index (χ3v) is 7.10. The second kappa shape index (κ2) is 10.5. The Bertz CT molecular complexity index is 1150. The maximum absolute atomic E-state index is 12.8. The van der Waals surface area contributed by atoms with Gasteiger partial charge in [-0.1, -0.05) is 18.2 Å². The van der Waals surface area contributed by atoms with E-state index in [-0.39, 0.29) is 29.8 Å². The number of carbonyl (C=O) groups excluding carboxylic acids is 2. The van der Waals surface area contributed by atoms with Crippen LogP contribution in [0.2, 0.25) is 0 Å². The smallest absolute Gasteiger partial charge is 0.416 e. The maximum atomic E-state index is 12.8. The molecule has 37 heavy (non-hydrogen) atoms. The van der Waals surface area contributed by atoms with Gasteiger partial charge in [-0.2, -0.15) is 13.2 Å². The van der Waals surface area contributed by atoms with Crippen molar-refractivity contribution in [1.29, 1.82) is 0 Å². The lowest BCUT2D eigenvalue weighted by atomic mass is 9.76. The molecule has 2 fully saturated rings. The van der Waals surface area contributed by atoms with Gasteiger partial charge >= 0.3 is 12.1 Å². The van der Waals surface area contributed by atoms with Gasteiger partial charge in [0.2, 0.25) is 5.91 Å². The van der Waals surface area contributed by atoms with E-state index in [0.29, 0.717) is 31.5 Å². The number of nitrogens with one attached hydrogen (secondary N) is 2. The number of halogens is 3. The summed E-state index contributed by atoms with van der Waals surface area (Å²) in [4.78, 5) is 37.6. The Morgan fingerprint density at radius 2 is 1.65 bits per heavy atom. The quantitative estimate of drug-likeness (QED) is 0.447. The fourth-order valence-corrected chi connectivity index (χ4v) is 4.94. The highest BCUT2D eigenvalue weighted by Gasteiger charge is 2.40. The van der Waals surface area contributed by atoms with Crippen LogP contribution in [0.3, 0.4) is 0 Å². The first-order valence-corrected chi connectivity index (χ1v) is 12.0. The number of likely N-dealkylation sites (tertiary alicyclic amines) is 1. The van der Waals surface area contributed by atoms with Gasteiger partial charge in [0.25, 0.3) is 5.91 Å². The molecule has 1 heterocycles. The lowest BCUT2D eigenvalue weighted by Gasteiger charge is -2.48. The van der Waals surface area contributed by atoms with Gasteiger partial charge in [-0.05, 0) is 61.6 Å². The lowest BCUT2D eigenvalue weighted by Crippen LogP contribution is -2.63. The molecule has 2 aromatic rings. The molecule has 0 bridgehead atoms. The van der Waals surface area contributed by atoms with E-state index in [1.54, 1.807) is 12.1 Å². The molecular formula is C26H28F3N3O5. The second-order valence-electron chi connectivity index (χ2n) is 9.62. The van der Waals surface area contributed by atoms with Crippen LogP contribution in [0, 0.1) is 0 Å². The normalized spacial score (nSPS) is 22.6. The van der Waals surface area contributed by atoms with Crippen LogP contribution in [0.25, 0.3) is 0 Å². The zero-order valence-corrected chi connectivity index (χ0v) is 19.9. The number of hydrogen-bond donors (Lipinski definition) is 4. The minimum Gasteiger partial charge on any atom is -0.478 e. The fourth-order valence-electron chi connectivity index (χ4n) is 4.94. The summed E-state index contributed by atoms with van der Waals surface area (Å²) in [7, 11) is 0. The van der Waals surface area contributed by atoms with E-state index < -0.39 is 35.1 Å². The summed E-state index contributed by atoms with van der Waals surface area (Å²) in [6.45, 7) is 0.913. The number of nitrogens with zero attached hydrogens (tertiary/aromatic N) is 1. The highest BCUT2D eigenvalue weighted by atomic mass is 19.4. The number of carbonyl (C=O) groups is 3. The molecular weight excluding hydrogens is 491 g/mol. The van der Waals surface area contributed by atoms with Crippen molar-refractivity contribution in [3.63, 3.8) is 0 Å². The first-order chi connectivity index (χ1) is 17.4. The van der Waals surface area contributed by atoms with Gasteiger partial charge in [-0.3, -0.25) is 14.5 Å². The second-order valence-corrected chi connectivity index (χ2v) is 9.62. The van der Waals surface area contributed by atoms with Crippen molar-refractivity contribution in [2.24, 2.45) is 0 Å². The van der Waals surface area contributed by atoms with Crippen molar-refractivity contribution in [3.8, 4) is 0 Å². The molecule has 198 valence electrons. The van der Waals surface area contributed by atoms with Crippen molar-refractivity contribution < 1.29 is 37.8 Å². The Morgan fingerprint density at radius 1 is 1.00 bits per heavy atom. The number of rotatable bonds is 7. The zero-order valence-electron chi connectivity index (χ0n) is 19.9. The van der Waals surface area contributed by atoms with Crippen LogP contribution in [0.1, 0.15) is 57.5 Å². The molecule has 2 aliphatic rings. The predicted octanol–water partition coefficient (Wildman–Crippen LogP) is 2.76. The molecule has 2 amide bonds. The van der Waals surface area contributed by atoms with Crippen LogP contribution < -0.4 is 10.6 Å². The summed E-state index contributed by atoms with van der Waals surface area (Å²) < 4.78 is 38.5. The predicted molar refractivity (Wildman–Crippen MR) is 127 cm³/mol. The van der Waals surface area contributed by atoms with Gasteiger partial charge in [0.1, 0.15) is 0 Å².